The fraction of sp³-hybridized carbons (Fsp3) is 0.143. The Morgan fingerprint density at radius 1 is 0.286 bits per heavy atom. The van der Waals surface area contributed by atoms with Crippen LogP contribution in [-0.4, -0.2) is 23.1 Å². The fourth-order valence-corrected chi connectivity index (χ4v) is 8.12. The first-order chi connectivity index (χ1) is 40.4. The predicted molar refractivity (Wildman–Crippen MR) is 310 cm³/mol. The molecule has 0 saturated carbocycles. The van der Waals surface area contributed by atoms with Crippen LogP contribution in [0.1, 0.15) is 33.4 Å². The summed E-state index contributed by atoms with van der Waals surface area (Å²) in [6, 6.07) is 56.7. The number of nitrogens with two attached hydrogens (primary N) is 2. The predicted octanol–water partition coefficient (Wildman–Crippen LogP) is 23.4. The van der Waals surface area contributed by atoms with Crippen molar-refractivity contribution in [1.82, 2.24) is 9.97 Å². The van der Waals surface area contributed by atoms with Crippen LogP contribution in [0.2, 0.25) is 0 Å². The second-order valence-electron chi connectivity index (χ2n) is 19.5. The zero-order valence-electron chi connectivity index (χ0n) is 46.4. The van der Waals surface area contributed by atoms with Gasteiger partial charge in [-0.3, -0.25) is 9.97 Å². The molecule has 506 valence electrons. The Morgan fingerprint density at radius 2 is 0.473 bits per heavy atom. The van der Waals surface area contributed by atoms with Gasteiger partial charge in [-0.1, -0.05) is 97.1 Å². The van der Waals surface area contributed by atoms with Gasteiger partial charge in [-0.2, -0.15) is 0 Å². The molecule has 6 nitrogen and oxygen atoms in total. The molecule has 0 atom stereocenters. The number of fused-ring (bicyclic) bond motifs is 4. The van der Waals surface area contributed by atoms with Crippen molar-refractivity contribution in [2.45, 2.75) is 38.8 Å². The zero-order valence-corrected chi connectivity index (χ0v) is 52.3. The monoisotopic (exact) mass is 1590 g/mol. The van der Waals surface area contributed by atoms with Crippen LogP contribution in [0, 0.1) is 0 Å². The Hall–Kier alpha value is -6.39. The SMILES string of the molecule is F[P-](F)(F)(F)(F)F.F[P-](F)(F)(F)(F)F.F[P-](F)(F)(F)(F)F.F[P-](F)(F)(F)(F)F.NCCN.[Pt+2].c1ccc2c(C[n+]3ccc(CCc4ccncc4)cc3)c3ccccc3cc2c1.c1ccc2c(C[n+]3ccc(CCc4ccncc4)cc3)c3ccccc3cc2c1. The summed E-state index contributed by atoms with van der Waals surface area (Å²) in [7, 11) is -42.6. The molecule has 0 radical (unpaired) electrons. The largest absolute Gasteiger partial charge is 2.00 e. The van der Waals surface area contributed by atoms with Crippen LogP contribution in [0.3, 0.4) is 0 Å². The van der Waals surface area contributed by atoms with Gasteiger partial charge in [0.15, 0.2) is 37.9 Å². The topological polar surface area (TPSA) is 85.6 Å². The van der Waals surface area contributed by atoms with Crippen molar-refractivity contribution >= 4 is 74.3 Å². The summed E-state index contributed by atoms with van der Waals surface area (Å²) in [4.78, 5) is 8.18. The van der Waals surface area contributed by atoms with Crippen molar-refractivity contribution < 1.29 is 131 Å². The molecule has 0 spiro atoms. The third-order valence-electron chi connectivity index (χ3n) is 11.4. The molecule has 4 aromatic heterocycles. The van der Waals surface area contributed by atoms with Crippen molar-refractivity contribution in [2.75, 3.05) is 13.1 Å². The van der Waals surface area contributed by atoms with Gasteiger partial charge < -0.3 is 11.5 Å². The van der Waals surface area contributed by atoms with Crippen molar-refractivity contribution in [3.63, 3.8) is 0 Å². The number of pyridine rings is 4. The molecule has 35 heteroatoms. The van der Waals surface area contributed by atoms with Crippen LogP contribution >= 0.6 is 31.2 Å². The van der Waals surface area contributed by atoms with Gasteiger partial charge in [-0.15, -0.1) is 0 Å². The van der Waals surface area contributed by atoms with E-state index in [1.54, 1.807) is 0 Å². The minimum absolute atomic E-state index is 0. The van der Waals surface area contributed by atoms with E-state index in [9.17, 15) is 101 Å². The summed E-state index contributed by atoms with van der Waals surface area (Å²) in [5, 5.41) is 10.5. The summed E-state index contributed by atoms with van der Waals surface area (Å²) in [6.45, 7) is 2.93. The van der Waals surface area contributed by atoms with Crippen LogP contribution in [0.25, 0.3) is 43.1 Å². The smallest absolute Gasteiger partial charge is 0.329 e. The van der Waals surface area contributed by atoms with Crippen LogP contribution in [0.5, 0.6) is 0 Å². The van der Waals surface area contributed by atoms with Crippen molar-refractivity contribution in [3.8, 4) is 0 Å². The van der Waals surface area contributed by atoms with E-state index in [1.807, 2.05) is 24.8 Å². The van der Waals surface area contributed by atoms with E-state index in [-0.39, 0.29) is 21.1 Å². The van der Waals surface area contributed by atoms with E-state index in [1.165, 1.54) is 76.5 Å². The number of hydrogen-bond donors (Lipinski definition) is 2. The van der Waals surface area contributed by atoms with Gasteiger partial charge in [0.1, 0.15) is 0 Å². The average molecular weight is 1590 g/mol. The molecule has 10 aromatic rings. The molecule has 4 N–H and O–H groups in total. The molecule has 0 aliphatic heterocycles. The van der Waals surface area contributed by atoms with Gasteiger partial charge >= 0.3 is 153 Å². The van der Waals surface area contributed by atoms with Gasteiger partial charge in [0.05, 0.1) is 0 Å². The Kier molecular flexibility index (Phi) is 23.3. The summed E-state index contributed by atoms with van der Waals surface area (Å²) in [5.41, 5.74) is 18.0. The van der Waals surface area contributed by atoms with Crippen LogP contribution < -0.4 is 20.6 Å². The second-order valence-corrected chi connectivity index (χ2v) is 27.1. The first kappa shape index (κ1) is 78.8. The van der Waals surface area contributed by atoms with Gasteiger partial charge in [0.2, 0.25) is 0 Å². The van der Waals surface area contributed by atoms with Crippen molar-refractivity contribution in [3.05, 3.63) is 241 Å². The molecule has 0 amide bonds. The van der Waals surface area contributed by atoms with E-state index in [0.717, 1.165) is 38.8 Å². The number of aromatic nitrogens is 4. The average Bonchev–Trinajstić information content (AvgIpc) is 0.814. The standard InChI is InChI=1S/2C27H23N2.C2H8N2.4F6P.Pt/c2*1-3-7-25-23(5-1)19-24-6-2-4-8-26(24)27(25)20-29-17-13-22(14-18-29)10-9-21-11-15-28-16-12-21;3-1-2-4;4*1-7(2,3,4,5)6;/h2*1-8,11-19H,9-10,20H2;1-4H2;;;;;/q2*+1;;4*-1;+2. The molecule has 10 rings (SSSR count). The molecule has 91 heavy (non-hydrogen) atoms. The van der Waals surface area contributed by atoms with E-state index in [0.29, 0.717) is 13.1 Å². The molecular formula is C56H54F24N6P4Pt. The Morgan fingerprint density at radius 3 is 0.670 bits per heavy atom. The molecular weight excluding hydrogens is 1530 g/mol. The molecule has 0 unspecified atom stereocenters. The number of hydrogen-bond acceptors (Lipinski definition) is 4. The fourth-order valence-electron chi connectivity index (χ4n) is 8.12. The second kappa shape index (κ2) is 26.9. The van der Waals surface area contributed by atoms with E-state index >= 15 is 0 Å². The first-order valence-corrected chi connectivity index (χ1v) is 33.7. The Balaban J connectivity index is 0.000000322. The maximum absolute atomic E-state index is 10.7. The molecule has 0 aliphatic rings. The number of aryl methyl sites for hydroxylation is 4. The zero-order chi connectivity index (χ0) is 68.0. The molecule has 0 bridgehead atoms. The van der Waals surface area contributed by atoms with E-state index < -0.39 is 31.2 Å². The van der Waals surface area contributed by atoms with Crippen molar-refractivity contribution in [1.29, 1.82) is 0 Å². The normalized spacial score (nSPS) is 14.6. The Bertz CT molecular complexity index is 3520. The first-order valence-electron chi connectivity index (χ1n) is 25.6. The van der Waals surface area contributed by atoms with E-state index in [4.69, 9.17) is 11.5 Å². The van der Waals surface area contributed by atoms with E-state index in [2.05, 4.69) is 202 Å². The third kappa shape index (κ3) is 41.0. The maximum atomic E-state index is 9.87. The summed E-state index contributed by atoms with van der Waals surface area (Å²) in [6.07, 6.45) is 20.5. The molecule has 0 saturated heterocycles. The Labute approximate surface area is 517 Å². The summed E-state index contributed by atoms with van der Waals surface area (Å²) in [5.74, 6) is 0. The summed E-state index contributed by atoms with van der Waals surface area (Å²) < 4.78 is 241. The van der Waals surface area contributed by atoms with Gasteiger partial charge in [-0.25, -0.2) is 9.13 Å². The van der Waals surface area contributed by atoms with Crippen molar-refractivity contribution in [2.24, 2.45) is 11.5 Å². The van der Waals surface area contributed by atoms with Crippen LogP contribution in [-0.2, 0) is 59.8 Å². The quantitative estimate of drug-likeness (QED) is 0.0585. The van der Waals surface area contributed by atoms with Crippen LogP contribution in [0.4, 0.5) is 101 Å². The van der Waals surface area contributed by atoms with Gasteiger partial charge in [0.25, 0.3) is 0 Å². The summed E-state index contributed by atoms with van der Waals surface area (Å²) >= 11 is 0. The molecule has 0 aliphatic carbocycles. The number of halogens is 24. The van der Waals surface area contributed by atoms with Gasteiger partial charge in [0, 0.05) is 73.3 Å². The molecule has 4 heterocycles. The van der Waals surface area contributed by atoms with Gasteiger partial charge in [-0.05, 0) is 127 Å². The number of nitrogens with zero attached hydrogens (tertiary/aromatic N) is 4. The number of rotatable bonds is 11. The molecule has 0 fully saturated rings. The molecule has 6 aromatic carbocycles. The number of benzene rings is 6. The minimum Gasteiger partial charge on any atom is -0.329 e. The third-order valence-corrected chi connectivity index (χ3v) is 11.4. The maximum Gasteiger partial charge on any atom is 2.00 e. The van der Waals surface area contributed by atoms with Crippen LogP contribution in [0.15, 0.2) is 207 Å². The minimum atomic E-state index is -10.7.